The Morgan fingerprint density at radius 2 is 1.48 bits per heavy atom. The second kappa shape index (κ2) is 6.83. The molecule has 7 heteroatoms. The van der Waals surface area contributed by atoms with Crippen LogP contribution >= 0.6 is 0 Å². The molecular weight excluding hydrogens is 398 g/mol. The first-order valence-electron chi connectivity index (χ1n) is 10.4. The summed E-state index contributed by atoms with van der Waals surface area (Å²) in [6.45, 7) is 0.113. The molecule has 3 N–H and O–H groups in total. The van der Waals surface area contributed by atoms with Gasteiger partial charge in [0, 0.05) is 5.92 Å². The fraction of sp³-hybridized carbons (Fsp3) is 0.375. The van der Waals surface area contributed by atoms with Crippen molar-refractivity contribution in [3.8, 4) is 11.1 Å². The highest BCUT2D eigenvalue weighted by Crippen LogP contribution is 2.62. The Balaban J connectivity index is 1.24. The molecule has 0 aromatic heterocycles. The van der Waals surface area contributed by atoms with Crippen LogP contribution in [0.4, 0.5) is 4.79 Å². The van der Waals surface area contributed by atoms with Gasteiger partial charge in [0.15, 0.2) is 0 Å². The molecule has 2 saturated carbocycles. The molecule has 2 aromatic rings. The van der Waals surface area contributed by atoms with Gasteiger partial charge in [0.05, 0.1) is 5.92 Å². The molecular formula is C24H23NO6. The third kappa shape index (κ3) is 3.07. The smallest absolute Gasteiger partial charge is 0.408 e. The summed E-state index contributed by atoms with van der Waals surface area (Å²) < 4.78 is 5.49. The van der Waals surface area contributed by atoms with Crippen molar-refractivity contribution in [1.29, 1.82) is 0 Å². The molecule has 2 fully saturated rings. The van der Waals surface area contributed by atoms with Gasteiger partial charge in [0.25, 0.3) is 0 Å². The predicted molar refractivity (Wildman–Crippen MR) is 111 cm³/mol. The number of amides is 1. The zero-order chi connectivity index (χ0) is 21.8. The molecule has 0 atom stereocenters. The van der Waals surface area contributed by atoms with E-state index in [1.54, 1.807) is 0 Å². The van der Waals surface area contributed by atoms with Crippen molar-refractivity contribution in [1.82, 2.24) is 5.32 Å². The van der Waals surface area contributed by atoms with Crippen LogP contribution in [0.5, 0.6) is 0 Å². The van der Waals surface area contributed by atoms with E-state index in [0.29, 0.717) is 12.8 Å². The quantitative estimate of drug-likeness (QED) is 0.680. The van der Waals surface area contributed by atoms with Crippen molar-refractivity contribution in [2.45, 2.75) is 37.1 Å². The van der Waals surface area contributed by atoms with Crippen LogP contribution in [-0.2, 0) is 14.3 Å². The number of fused-ring (bicyclic) bond motifs is 3. The van der Waals surface area contributed by atoms with E-state index in [1.165, 1.54) is 0 Å². The van der Waals surface area contributed by atoms with E-state index >= 15 is 0 Å². The van der Waals surface area contributed by atoms with E-state index < -0.39 is 29.5 Å². The Morgan fingerprint density at radius 3 is 2.00 bits per heavy atom. The summed E-state index contributed by atoms with van der Waals surface area (Å²) in [5, 5.41) is 21.4. The Bertz CT molecular complexity index is 1030. The molecule has 0 saturated heterocycles. The second-order valence-corrected chi connectivity index (χ2v) is 9.13. The number of nitrogens with one attached hydrogen (secondary N) is 1. The largest absolute Gasteiger partial charge is 0.481 e. The molecule has 0 unspecified atom stereocenters. The third-order valence-electron chi connectivity index (χ3n) is 7.16. The van der Waals surface area contributed by atoms with Gasteiger partial charge in [-0.1, -0.05) is 48.5 Å². The number of hydrogen-bond donors (Lipinski definition) is 3. The first-order valence-corrected chi connectivity index (χ1v) is 10.4. The lowest BCUT2D eigenvalue weighted by Gasteiger charge is -2.60. The lowest BCUT2D eigenvalue weighted by atomic mass is 9.45. The highest BCUT2D eigenvalue weighted by Gasteiger charge is 2.65. The molecule has 7 nitrogen and oxygen atoms in total. The van der Waals surface area contributed by atoms with E-state index in [2.05, 4.69) is 5.32 Å². The average Bonchev–Trinajstić information content (AvgIpc) is 3.00. The molecule has 31 heavy (non-hydrogen) atoms. The van der Waals surface area contributed by atoms with E-state index in [1.807, 2.05) is 48.5 Å². The SMILES string of the molecule is O=C(NC1(C(=O)O)CC2(CC(C(=O)O)C2)C1)OCC1c2ccccc2-c2ccccc21. The molecule has 3 aliphatic rings. The Kier molecular flexibility index (Phi) is 4.32. The maximum absolute atomic E-state index is 12.5. The molecule has 1 amide bonds. The van der Waals surface area contributed by atoms with E-state index in [4.69, 9.17) is 9.84 Å². The maximum atomic E-state index is 12.5. The van der Waals surface area contributed by atoms with Gasteiger partial charge in [-0.05, 0) is 53.4 Å². The number of ether oxygens (including phenoxy) is 1. The van der Waals surface area contributed by atoms with Gasteiger partial charge < -0.3 is 20.3 Å². The number of carboxylic acid groups (broad SMARTS) is 2. The minimum absolute atomic E-state index is 0.102. The topological polar surface area (TPSA) is 113 Å². The van der Waals surface area contributed by atoms with Gasteiger partial charge >= 0.3 is 18.0 Å². The van der Waals surface area contributed by atoms with Crippen LogP contribution in [0, 0.1) is 11.3 Å². The highest BCUT2D eigenvalue weighted by atomic mass is 16.5. The predicted octanol–water partition coefficient (Wildman–Crippen LogP) is 3.62. The number of aliphatic carboxylic acids is 2. The van der Waals surface area contributed by atoms with Gasteiger partial charge in [0.1, 0.15) is 12.1 Å². The van der Waals surface area contributed by atoms with Crippen LogP contribution in [0.1, 0.15) is 42.7 Å². The molecule has 0 bridgehead atoms. The number of hydrogen-bond acceptors (Lipinski definition) is 4. The molecule has 0 heterocycles. The second-order valence-electron chi connectivity index (χ2n) is 9.13. The van der Waals surface area contributed by atoms with Gasteiger partial charge in [-0.3, -0.25) is 4.79 Å². The summed E-state index contributed by atoms with van der Waals surface area (Å²) >= 11 is 0. The Morgan fingerprint density at radius 1 is 0.935 bits per heavy atom. The number of carbonyl (C=O) groups is 3. The van der Waals surface area contributed by atoms with Crippen molar-refractivity contribution in [2.75, 3.05) is 6.61 Å². The maximum Gasteiger partial charge on any atom is 0.408 e. The minimum Gasteiger partial charge on any atom is -0.481 e. The molecule has 5 rings (SSSR count). The van der Waals surface area contributed by atoms with Gasteiger partial charge in [-0.25, -0.2) is 9.59 Å². The summed E-state index contributed by atoms with van der Waals surface area (Å²) in [6, 6.07) is 16.0. The van der Waals surface area contributed by atoms with Crippen LogP contribution in [0.3, 0.4) is 0 Å². The molecule has 1 spiro atoms. The van der Waals surface area contributed by atoms with Crippen molar-refractivity contribution in [2.24, 2.45) is 11.3 Å². The normalized spacial score (nSPS) is 28.1. The van der Waals surface area contributed by atoms with Crippen LogP contribution in [-0.4, -0.2) is 40.4 Å². The average molecular weight is 421 g/mol. The first kappa shape index (κ1) is 19.6. The van der Waals surface area contributed by atoms with Crippen molar-refractivity contribution < 1.29 is 29.3 Å². The van der Waals surface area contributed by atoms with Crippen molar-refractivity contribution in [3.63, 3.8) is 0 Å². The number of benzene rings is 2. The zero-order valence-corrected chi connectivity index (χ0v) is 16.8. The summed E-state index contributed by atoms with van der Waals surface area (Å²) in [4.78, 5) is 35.5. The summed E-state index contributed by atoms with van der Waals surface area (Å²) in [5.74, 6) is -2.47. The lowest BCUT2D eigenvalue weighted by molar-refractivity contribution is -0.174. The van der Waals surface area contributed by atoms with E-state index in [0.717, 1.165) is 22.3 Å². The summed E-state index contributed by atoms with van der Waals surface area (Å²) in [6.07, 6.45) is 0.647. The Hall–Kier alpha value is -3.35. The minimum atomic E-state index is -1.38. The third-order valence-corrected chi connectivity index (χ3v) is 7.16. The molecule has 2 aromatic carbocycles. The number of alkyl carbamates (subject to hydrolysis) is 1. The van der Waals surface area contributed by atoms with E-state index in [-0.39, 0.29) is 30.8 Å². The molecule has 0 aliphatic heterocycles. The number of carbonyl (C=O) groups excluding carboxylic acids is 1. The van der Waals surface area contributed by atoms with Crippen LogP contribution < -0.4 is 5.32 Å². The molecule has 3 aliphatic carbocycles. The van der Waals surface area contributed by atoms with Crippen LogP contribution in [0.2, 0.25) is 0 Å². The van der Waals surface area contributed by atoms with Gasteiger partial charge in [0.2, 0.25) is 0 Å². The summed E-state index contributed by atoms with van der Waals surface area (Å²) in [7, 11) is 0. The molecule has 0 radical (unpaired) electrons. The highest BCUT2D eigenvalue weighted by molar-refractivity contribution is 5.86. The Labute approximate surface area is 179 Å². The fourth-order valence-electron chi connectivity index (χ4n) is 5.80. The van der Waals surface area contributed by atoms with Crippen molar-refractivity contribution >= 4 is 18.0 Å². The summed E-state index contributed by atoms with van der Waals surface area (Å²) in [5.41, 5.74) is 2.73. The van der Waals surface area contributed by atoms with Crippen molar-refractivity contribution in [3.05, 3.63) is 59.7 Å². The van der Waals surface area contributed by atoms with Gasteiger partial charge in [-0.15, -0.1) is 0 Å². The van der Waals surface area contributed by atoms with Gasteiger partial charge in [-0.2, -0.15) is 0 Å². The van der Waals surface area contributed by atoms with Crippen LogP contribution in [0.15, 0.2) is 48.5 Å². The van der Waals surface area contributed by atoms with E-state index in [9.17, 15) is 19.5 Å². The fourth-order valence-corrected chi connectivity index (χ4v) is 5.80. The standard InChI is InChI=1S/C24H23NO6/c26-20(27)14-9-23(10-14)12-24(13-23,21(28)29)25-22(30)31-11-19-17-7-3-1-5-15(17)16-6-2-4-8-18(16)19/h1-8,14,19H,9-13H2,(H,25,30)(H,26,27)(H,28,29). The zero-order valence-electron chi connectivity index (χ0n) is 16.8. The van der Waals surface area contributed by atoms with Crippen LogP contribution in [0.25, 0.3) is 11.1 Å². The lowest BCUT2D eigenvalue weighted by Crippen LogP contribution is -2.69. The monoisotopic (exact) mass is 421 g/mol. The number of rotatable bonds is 5. The number of carboxylic acids is 2. The first-order chi connectivity index (χ1) is 14.8. The molecule has 160 valence electrons.